The Bertz CT molecular complexity index is 487. The van der Waals surface area contributed by atoms with E-state index in [1.54, 1.807) is 0 Å². The molecule has 0 bridgehead atoms. The fraction of sp³-hybridized carbons (Fsp3) is 0.267. The molecule has 2 nitrogen and oxygen atoms in total. The van der Waals surface area contributed by atoms with Gasteiger partial charge in [-0.25, -0.2) is 4.98 Å². The van der Waals surface area contributed by atoms with E-state index in [1.807, 2.05) is 25.2 Å². The minimum atomic E-state index is 0.570. The molecule has 1 heterocycles. The predicted octanol–water partition coefficient (Wildman–Crippen LogP) is 3.91. The molecule has 2 aromatic rings. The van der Waals surface area contributed by atoms with Crippen LogP contribution < -0.4 is 5.32 Å². The zero-order chi connectivity index (χ0) is 12.3. The van der Waals surface area contributed by atoms with Gasteiger partial charge in [0, 0.05) is 12.6 Å². The second-order valence-corrected chi connectivity index (χ2v) is 4.43. The first kappa shape index (κ1) is 11.6. The van der Waals surface area contributed by atoms with Gasteiger partial charge in [-0.1, -0.05) is 44.2 Å². The number of nitrogens with one attached hydrogen (secondary N) is 1. The van der Waals surface area contributed by atoms with Gasteiger partial charge in [0.1, 0.15) is 5.82 Å². The topological polar surface area (TPSA) is 24.9 Å². The minimum absolute atomic E-state index is 0.570. The molecule has 1 N–H and O–H groups in total. The molecule has 1 aromatic carbocycles. The normalized spacial score (nSPS) is 10.6. The molecule has 0 unspecified atom stereocenters. The third-order valence-corrected chi connectivity index (χ3v) is 2.88. The van der Waals surface area contributed by atoms with E-state index >= 15 is 0 Å². The van der Waals surface area contributed by atoms with Crippen molar-refractivity contribution in [2.45, 2.75) is 19.8 Å². The summed E-state index contributed by atoms with van der Waals surface area (Å²) >= 11 is 0. The van der Waals surface area contributed by atoms with E-state index < -0.39 is 0 Å². The van der Waals surface area contributed by atoms with Gasteiger partial charge in [0.2, 0.25) is 0 Å². The van der Waals surface area contributed by atoms with Crippen molar-refractivity contribution < 1.29 is 0 Å². The standard InChI is InChI=1S/C15H18N2/c1-11(2)12-7-9-13(10-8-12)14-5-4-6-15(16-3)17-14/h4-11H,1-3H3,(H,16,17). The van der Waals surface area contributed by atoms with Crippen LogP contribution in [0.2, 0.25) is 0 Å². The number of anilines is 1. The van der Waals surface area contributed by atoms with Crippen LogP contribution in [0.3, 0.4) is 0 Å². The monoisotopic (exact) mass is 226 g/mol. The van der Waals surface area contributed by atoms with Crippen LogP contribution in [0.4, 0.5) is 5.82 Å². The minimum Gasteiger partial charge on any atom is -0.373 e. The molecule has 0 atom stereocenters. The molecule has 2 heteroatoms. The predicted molar refractivity (Wildman–Crippen MR) is 73.3 cm³/mol. The fourth-order valence-electron chi connectivity index (χ4n) is 1.77. The first-order chi connectivity index (χ1) is 8.20. The van der Waals surface area contributed by atoms with Gasteiger partial charge < -0.3 is 5.32 Å². The zero-order valence-corrected chi connectivity index (χ0v) is 10.6. The van der Waals surface area contributed by atoms with E-state index in [4.69, 9.17) is 0 Å². The van der Waals surface area contributed by atoms with E-state index in [0.29, 0.717) is 5.92 Å². The summed E-state index contributed by atoms with van der Waals surface area (Å²) in [6.07, 6.45) is 0. The summed E-state index contributed by atoms with van der Waals surface area (Å²) in [5.74, 6) is 1.47. The molecular weight excluding hydrogens is 208 g/mol. The zero-order valence-electron chi connectivity index (χ0n) is 10.6. The van der Waals surface area contributed by atoms with E-state index in [-0.39, 0.29) is 0 Å². The van der Waals surface area contributed by atoms with Crippen LogP contribution in [0.1, 0.15) is 25.3 Å². The van der Waals surface area contributed by atoms with Gasteiger partial charge >= 0.3 is 0 Å². The Kier molecular flexibility index (Phi) is 3.43. The van der Waals surface area contributed by atoms with Crippen molar-refractivity contribution >= 4 is 5.82 Å². The van der Waals surface area contributed by atoms with Crippen molar-refractivity contribution in [3.8, 4) is 11.3 Å². The SMILES string of the molecule is CNc1cccc(-c2ccc(C(C)C)cc2)n1. The Morgan fingerprint density at radius 1 is 1.00 bits per heavy atom. The number of aromatic nitrogens is 1. The molecule has 2 rings (SSSR count). The fourth-order valence-corrected chi connectivity index (χ4v) is 1.77. The van der Waals surface area contributed by atoms with Gasteiger partial charge in [-0.2, -0.15) is 0 Å². The Morgan fingerprint density at radius 3 is 2.29 bits per heavy atom. The molecule has 1 aromatic heterocycles. The van der Waals surface area contributed by atoms with Crippen LogP contribution >= 0.6 is 0 Å². The molecule has 0 saturated carbocycles. The maximum atomic E-state index is 4.52. The lowest BCUT2D eigenvalue weighted by Crippen LogP contribution is -1.93. The molecule has 0 fully saturated rings. The quantitative estimate of drug-likeness (QED) is 0.858. The van der Waals surface area contributed by atoms with Crippen molar-refractivity contribution in [1.29, 1.82) is 0 Å². The molecule has 88 valence electrons. The Morgan fingerprint density at radius 2 is 1.71 bits per heavy atom. The van der Waals surface area contributed by atoms with Gasteiger partial charge in [0.25, 0.3) is 0 Å². The lowest BCUT2D eigenvalue weighted by atomic mass is 10.0. The lowest BCUT2D eigenvalue weighted by molar-refractivity contribution is 0.867. The average molecular weight is 226 g/mol. The van der Waals surface area contributed by atoms with Gasteiger partial charge in [-0.3, -0.25) is 0 Å². The van der Waals surface area contributed by atoms with Crippen LogP contribution in [0.25, 0.3) is 11.3 Å². The maximum Gasteiger partial charge on any atom is 0.126 e. The van der Waals surface area contributed by atoms with E-state index in [9.17, 15) is 0 Å². The highest BCUT2D eigenvalue weighted by atomic mass is 15.0. The number of benzene rings is 1. The summed E-state index contributed by atoms with van der Waals surface area (Å²) in [4.78, 5) is 4.52. The van der Waals surface area contributed by atoms with Gasteiger partial charge in [0.15, 0.2) is 0 Å². The van der Waals surface area contributed by atoms with Crippen LogP contribution in [-0.2, 0) is 0 Å². The largest absolute Gasteiger partial charge is 0.373 e. The summed E-state index contributed by atoms with van der Waals surface area (Å²) in [6.45, 7) is 4.41. The molecule has 0 aliphatic heterocycles. The molecule has 0 aliphatic rings. The summed E-state index contributed by atoms with van der Waals surface area (Å²) < 4.78 is 0. The van der Waals surface area contributed by atoms with Gasteiger partial charge in [-0.15, -0.1) is 0 Å². The van der Waals surface area contributed by atoms with Crippen molar-refractivity contribution in [2.75, 3.05) is 12.4 Å². The van der Waals surface area contributed by atoms with E-state index in [1.165, 1.54) is 5.56 Å². The molecule has 17 heavy (non-hydrogen) atoms. The van der Waals surface area contributed by atoms with Gasteiger partial charge in [0.05, 0.1) is 5.69 Å². The number of hydrogen-bond donors (Lipinski definition) is 1. The number of nitrogens with zero attached hydrogens (tertiary/aromatic N) is 1. The summed E-state index contributed by atoms with van der Waals surface area (Å²) in [5, 5.41) is 3.06. The number of pyridine rings is 1. The van der Waals surface area contributed by atoms with E-state index in [0.717, 1.165) is 17.1 Å². The molecular formula is C15H18N2. The molecule has 0 amide bonds. The van der Waals surface area contributed by atoms with Crippen molar-refractivity contribution in [3.63, 3.8) is 0 Å². The molecule has 0 radical (unpaired) electrons. The van der Waals surface area contributed by atoms with Crippen molar-refractivity contribution in [2.24, 2.45) is 0 Å². The summed E-state index contributed by atoms with van der Waals surface area (Å²) in [6, 6.07) is 14.6. The third kappa shape index (κ3) is 2.64. The van der Waals surface area contributed by atoms with E-state index in [2.05, 4.69) is 48.4 Å². The number of hydrogen-bond acceptors (Lipinski definition) is 2. The smallest absolute Gasteiger partial charge is 0.126 e. The highest BCUT2D eigenvalue weighted by Gasteiger charge is 2.02. The van der Waals surface area contributed by atoms with Crippen molar-refractivity contribution in [3.05, 3.63) is 48.0 Å². The van der Waals surface area contributed by atoms with Crippen LogP contribution in [0.15, 0.2) is 42.5 Å². The highest BCUT2D eigenvalue weighted by molar-refractivity contribution is 5.61. The molecule has 0 saturated heterocycles. The number of rotatable bonds is 3. The van der Waals surface area contributed by atoms with Crippen LogP contribution in [-0.4, -0.2) is 12.0 Å². The average Bonchev–Trinajstić information content (AvgIpc) is 2.39. The first-order valence-corrected chi connectivity index (χ1v) is 5.96. The summed E-state index contributed by atoms with van der Waals surface area (Å²) in [5.41, 5.74) is 3.53. The second-order valence-electron chi connectivity index (χ2n) is 4.43. The first-order valence-electron chi connectivity index (χ1n) is 5.96. The van der Waals surface area contributed by atoms with Gasteiger partial charge in [-0.05, 0) is 23.6 Å². The lowest BCUT2D eigenvalue weighted by Gasteiger charge is -2.07. The Labute approximate surface area is 103 Å². The summed E-state index contributed by atoms with van der Waals surface area (Å²) in [7, 11) is 1.88. The Hall–Kier alpha value is -1.83. The van der Waals surface area contributed by atoms with Crippen LogP contribution in [0, 0.1) is 0 Å². The van der Waals surface area contributed by atoms with Crippen molar-refractivity contribution in [1.82, 2.24) is 4.98 Å². The molecule has 0 aliphatic carbocycles. The maximum absolute atomic E-state index is 4.52. The Balaban J connectivity index is 2.32. The third-order valence-electron chi connectivity index (χ3n) is 2.88. The molecule has 0 spiro atoms. The second kappa shape index (κ2) is 5.00. The highest BCUT2D eigenvalue weighted by Crippen LogP contribution is 2.22. The van der Waals surface area contributed by atoms with Crippen LogP contribution in [0.5, 0.6) is 0 Å².